The SMILES string of the molecule is COCCOCOCCCOc1ccnc(CS(=O)c2nc3ccccc3[nH]2)c1C. The van der Waals surface area contributed by atoms with Crippen molar-refractivity contribution in [3.05, 3.63) is 47.8 Å². The molecule has 0 radical (unpaired) electrons. The van der Waals surface area contributed by atoms with Gasteiger partial charge in [0.1, 0.15) is 12.5 Å². The Morgan fingerprint density at radius 2 is 1.90 bits per heavy atom. The van der Waals surface area contributed by atoms with E-state index in [1.807, 2.05) is 37.3 Å². The molecule has 162 valence electrons. The van der Waals surface area contributed by atoms with E-state index in [0.717, 1.165) is 34.5 Å². The van der Waals surface area contributed by atoms with Crippen molar-refractivity contribution >= 4 is 21.8 Å². The number of benzene rings is 1. The van der Waals surface area contributed by atoms with Crippen molar-refractivity contribution in [2.75, 3.05) is 40.3 Å². The molecular formula is C21H27N3O5S. The van der Waals surface area contributed by atoms with Crippen LogP contribution in [0, 0.1) is 6.92 Å². The summed E-state index contributed by atoms with van der Waals surface area (Å²) in [6.07, 6.45) is 2.41. The van der Waals surface area contributed by atoms with Crippen LogP contribution in [0.1, 0.15) is 17.7 Å². The molecule has 0 saturated carbocycles. The minimum atomic E-state index is -1.33. The van der Waals surface area contributed by atoms with Crippen LogP contribution in [-0.4, -0.2) is 59.5 Å². The van der Waals surface area contributed by atoms with Crippen molar-refractivity contribution in [3.8, 4) is 5.75 Å². The summed E-state index contributed by atoms with van der Waals surface area (Å²) in [7, 11) is 0.303. The Kier molecular flexibility index (Phi) is 8.76. The topological polar surface area (TPSA) is 95.6 Å². The minimum Gasteiger partial charge on any atom is -0.493 e. The first kappa shape index (κ1) is 22.4. The van der Waals surface area contributed by atoms with Crippen molar-refractivity contribution in [3.63, 3.8) is 0 Å². The number of para-hydroxylation sites is 2. The summed E-state index contributed by atoms with van der Waals surface area (Å²) in [6, 6.07) is 9.44. The van der Waals surface area contributed by atoms with E-state index in [-0.39, 0.29) is 12.5 Å². The fraction of sp³-hybridized carbons (Fsp3) is 0.429. The summed E-state index contributed by atoms with van der Waals surface area (Å²) in [4.78, 5) is 11.9. The van der Waals surface area contributed by atoms with Gasteiger partial charge in [-0.05, 0) is 25.1 Å². The van der Waals surface area contributed by atoms with Crippen LogP contribution < -0.4 is 4.74 Å². The number of rotatable bonds is 13. The van der Waals surface area contributed by atoms with Gasteiger partial charge in [-0.15, -0.1) is 0 Å². The quantitative estimate of drug-likeness (QED) is 0.327. The summed E-state index contributed by atoms with van der Waals surface area (Å²) in [6.45, 7) is 4.29. The Morgan fingerprint density at radius 3 is 2.73 bits per heavy atom. The summed E-state index contributed by atoms with van der Waals surface area (Å²) in [5, 5.41) is 0.452. The van der Waals surface area contributed by atoms with Crippen LogP contribution in [0.5, 0.6) is 5.75 Å². The van der Waals surface area contributed by atoms with Gasteiger partial charge in [0.2, 0.25) is 0 Å². The Bertz CT molecular complexity index is 930. The van der Waals surface area contributed by atoms with Gasteiger partial charge in [-0.3, -0.25) is 9.19 Å². The van der Waals surface area contributed by atoms with Gasteiger partial charge >= 0.3 is 0 Å². The molecule has 0 aliphatic heterocycles. The Hall–Kier alpha value is -2.33. The van der Waals surface area contributed by atoms with Crippen LogP contribution >= 0.6 is 0 Å². The molecule has 2 heterocycles. The van der Waals surface area contributed by atoms with Crippen LogP contribution in [-0.2, 0) is 30.8 Å². The fourth-order valence-corrected chi connectivity index (χ4v) is 3.85. The number of imidazole rings is 1. The first-order valence-corrected chi connectivity index (χ1v) is 11.1. The molecule has 3 rings (SSSR count). The number of fused-ring (bicyclic) bond motifs is 1. The van der Waals surface area contributed by atoms with E-state index in [4.69, 9.17) is 18.9 Å². The molecule has 3 aromatic rings. The van der Waals surface area contributed by atoms with Crippen molar-refractivity contribution in [1.29, 1.82) is 0 Å². The second-order valence-corrected chi connectivity index (χ2v) is 7.93. The molecule has 1 aromatic carbocycles. The second kappa shape index (κ2) is 11.8. The average molecular weight is 434 g/mol. The largest absolute Gasteiger partial charge is 0.493 e. The maximum absolute atomic E-state index is 12.8. The molecule has 0 amide bonds. The molecule has 1 unspecified atom stereocenters. The van der Waals surface area contributed by atoms with Gasteiger partial charge in [0.15, 0.2) is 5.16 Å². The molecule has 0 aliphatic rings. The lowest BCUT2D eigenvalue weighted by Crippen LogP contribution is -2.09. The summed E-state index contributed by atoms with van der Waals surface area (Å²) in [5.74, 6) is 1.00. The lowest BCUT2D eigenvalue weighted by atomic mass is 10.2. The van der Waals surface area contributed by atoms with Crippen molar-refractivity contribution in [2.45, 2.75) is 24.3 Å². The third kappa shape index (κ3) is 6.33. The Morgan fingerprint density at radius 1 is 1.07 bits per heavy atom. The summed E-state index contributed by atoms with van der Waals surface area (Å²) < 4.78 is 34.1. The molecule has 1 atom stereocenters. The molecular weight excluding hydrogens is 406 g/mol. The smallest absolute Gasteiger partial charge is 0.197 e. The number of pyridine rings is 1. The van der Waals surface area contributed by atoms with Crippen molar-refractivity contribution in [2.24, 2.45) is 0 Å². The van der Waals surface area contributed by atoms with Gasteiger partial charge in [-0.2, -0.15) is 0 Å². The van der Waals surface area contributed by atoms with E-state index >= 15 is 0 Å². The Balaban J connectivity index is 1.48. The number of aromatic amines is 1. The molecule has 9 heteroatoms. The summed E-state index contributed by atoms with van der Waals surface area (Å²) >= 11 is 0. The van der Waals surface area contributed by atoms with Gasteiger partial charge in [0.25, 0.3) is 0 Å². The maximum Gasteiger partial charge on any atom is 0.197 e. The molecule has 0 spiro atoms. The molecule has 0 saturated heterocycles. The number of hydrogen-bond donors (Lipinski definition) is 1. The van der Waals surface area contributed by atoms with E-state index in [2.05, 4.69) is 15.0 Å². The van der Waals surface area contributed by atoms with Gasteiger partial charge < -0.3 is 23.9 Å². The van der Waals surface area contributed by atoms with Crippen LogP contribution in [0.4, 0.5) is 0 Å². The first-order valence-electron chi connectivity index (χ1n) is 9.74. The number of methoxy groups -OCH3 is 1. The van der Waals surface area contributed by atoms with Crippen LogP contribution in [0.15, 0.2) is 41.7 Å². The summed E-state index contributed by atoms with van der Waals surface area (Å²) in [5.41, 5.74) is 3.28. The highest BCUT2D eigenvalue weighted by molar-refractivity contribution is 7.84. The molecule has 0 aliphatic carbocycles. The third-order valence-corrected chi connectivity index (χ3v) is 5.56. The number of ether oxygens (including phenoxy) is 4. The number of H-pyrrole nitrogens is 1. The number of nitrogens with one attached hydrogen (secondary N) is 1. The van der Waals surface area contributed by atoms with Gasteiger partial charge in [0.05, 0.1) is 59.7 Å². The highest BCUT2D eigenvalue weighted by Crippen LogP contribution is 2.22. The standard InChI is InChI=1S/C21H27N3O5S/c1-16-19(14-30(25)21-23-17-6-3-4-7-18(17)24-21)22-9-8-20(16)29-11-5-10-27-15-28-13-12-26-2/h3-4,6-9H,5,10-15H2,1-2H3,(H,23,24). The van der Waals surface area contributed by atoms with Gasteiger partial charge in [0, 0.05) is 25.3 Å². The fourth-order valence-electron chi connectivity index (χ4n) is 2.75. The Labute approximate surface area is 178 Å². The molecule has 0 bridgehead atoms. The zero-order valence-corrected chi connectivity index (χ0v) is 18.1. The highest BCUT2D eigenvalue weighted by Gasteiger charge is 2.14. The van der Waals surface area contributed by atoms with Crippen LogP contribution in [0.2, 0.25) is 0 Å². The van der Waals surface area contributed by atoms with E-state index in [0.29, 0.717) is 31.6 Å². The van der Waals surface area contributed by atoms with Crippen LogP contribution in [0.3, 0.4) is 0 Å². The molecule has 30 heavy (non-hydrogen) atoms. The normalized spacial score (nSPS) is 12.3. The zero-order valence-electron chi connectivity index (χ0n) is 17.3. The van der Waals surface area contributed by atoms with E-state index in [1.54, 1.807) is 13.3 Å². The van der Waals surface area contributed by atoms with Gasteiger partial charge in [-0.25, -0.2) is 4.98 Å². The predicted molar refractivity (Wildman–Crippen MR) is 114 cm³/mol. The molecule has 8 nitrogen and oxygen atoms in total. The first-order chi connectivity index (χ1) is 14.7. The van der Waals surface area contributed by atoms with Crippen molar-refractivity contribution < 1.29 is 23.2 Å². The average Bonchev–Trinajstić information content (AvgIpc) is 3.19. The van der Waals surface area contributed by atoms with Crippen LogP contribution in [0.25, 0.3) is 11.0 Å². The lowest BCUT2D eigenvalue weighted by molar-refractivity contribution is -0.0674. The zero-order chi connectivity index (χ0) is 21.2. The second-order valence-electron chi connectivity index (χ2n) is 6.56. The lowest BCUT2D eigenvalue weighted by Gasteiger charge is -2.12. The van der Waals surface area contributed by atoms with E-state index in [1.165, 1.54) is 0 Å². The van der Waals surface area contributed by atoms with Gasteiger partial charge in [-0.1, -0.05) is 12.1 Å². The number of aromatic nitrogens is 3. The highest BCUT2D eigenvalue weighted by atomic mass is 32.2. The molecule has 0 fully saturated rings. The van der Waals surface area contributed by atoms with E-state index < -0.39 is 10.8 Å². The van der Waals surface area contributed by atoms with E-state index in [9.17, 15) is 4.21 Å². The maximum atomic E-state index is 12.8. The number of nitrogens with zero attached hydrogens (tertiary/aromatic N) is 2. The number of hydrogen-bond acceptors (Lipinski definition) is 7. The van der Waals surface area contributed by atoms with Crippen molar-refractivity contribution in [1.82, 2.24) is 15.0 Å². The molecule has 2 aromatic heterocycles. The monoisotopic (exact) mass is 433 g/mol. The minimum absolute atomic E-state index is 0.245. The molecule has 1 N–H and O–H groups in total. The predicted octanol–water partition coefficient (Wildman–Crippen LogP) is 2.98. The third-order valence-electron chi connectivity index (χ3n) is 4.40.